The summed E-state index contributed by atoms with van der Waals surface area (Å²) in [6.07, 6.45) is 6.09. The fourth-order valence-electron chi connectivity index (χ4n) is 3.13. The van der Waals surface area contributed by atoms with Gasteiger partial charge in [-0.1, -0.05) is 49.1 Å². The second-order valence-corrected chi connectivity index (χ2v) is 6.28. The molecule has 1 aliphatic rings. The van der Waals surface area contributed by atoms with E-state index in [0.29, 0.717) is 11.7 Å². The number of carbonyl (C=O) groups is 1. The summed E-state index contributed by atoms with van der Waals surface area (Å²) < 4.78 is 5.34. The number of benzene rings is 2. The lowest BCUT2D eigenvalue weighted by Gasteiger charge is -2.22. The summed E-state index contributed by atoms with van der Waals surface area (Å²) in [6.45, 7) is 2.01. The highest BCUT2D eigenvalue weighted by atomic mass is 16.6. The topological polar surface area (TPSA) is 38.3 Å². The second-order valence-electron chi connectivity index (χ2n) is 6.28. The van der Waals surface area contributed by atoms with Crippen molar-refractivity contribution in [3.05, 3.63) is 59.7 Å². The maximum absolute atomic E-state index is 11.9. The highest BCUT2D eigenvalue weighted by molar-refractivity contribution is 5.86. The van der Waals surface area contributed by atoms with Gasteiger partial charge >= 0.3 is 6.09 Å². The fourth-order valence-corrected chi connectivity index (χ4v) is 3.13. The zero-order valence-electron chi connectivity index (χ0n) is 13.5. The number of amides is 1. The van der Waals surface area contributed by atoms with E-state index in [9.17, 15) is 4.79 Å². The molecule has 2 aromatic carbocycles. The minimum Gasteiger partial charge on any atom is -0.410 e. The van der Waals surface area contributed by atoms with Crippen molar-refractivity contribution < 1.29 is 9.53 Å². The van der Waals surface area contributed by atoms with E-state index in [1.807, 2.05) is 43.3 Å². The van der Waals surface area contributed by atoms with Crippen LogP contribution in [0.5, 0.6) is 5.75 Å². The number of ether oxygens (including phenoxy) is 1. The quantitative estimate of drug-likeness (QED) is 0.795. The summed E-state index contributed by atoms with van der Waals surface area (Å²) in [5.74, 6) is 1.24. The van der Waals surface area contributed by atoms with Crippen LogP contribution < -0.4 is 10.1 Å². The van der Waals surface area contributed by atoms with Crippen LogP contribution in [0.2, 0.25) is 0 Å². The first kappa shape index (κ1) is 15.6. The molecule has 0 atom stereocenters. The molecule has 120 valence electrons. The summed E-state index contributed by atoms with van der Waals surface area (Å²) in [5, 5.41) is 2.73. The number of carbonyl (C=O) groups excluding carboxylic acids is 1. The van der Waals surface area contributed by atoms with E-state index < -0.39 is 6.09 Å². The molecule has 1 aliphatic carbocycles. The Bertz CT molecular complexity index is 640. The van der Waals surface area contributed by atoms with E-state index >= 15 is 0 Å². The normalized spacial score (nSPS) is 15.2. The number of aryl methyl sites for hydroxylation is 1. The van der Waals surface area contributed by atoms with Crippen molar-refractivity contribution >= 4 is 11.8 Å². The molecule has 3 nitrogen and oxygen atoms in total. The molecule has 1 amide bonds. The van der Waals surface area contributed by atoms with E-state index in [2.05, 4.69) is 17.4 Å². The van der Waals surface area contributed by atoms with Crippen LogP contribution in [0.3, 0.4) is 0 Å². The summed E-state index contributed by atoms with van der Waals surface area (Å²) in [6, 6.07) is 15.6. The summed E-state index contributed by atoms with van der Waals surface area (Å²) in [5.41, 5.74) is 3.25. The van der Waals surface area contributed by atoms with Crippen molar-refractivity contribution in [2.75, 3.05) is 5.32 Å². The van der Waals surface area contributed by atoms with Gasteiger partial charge in [0, 0.05) is 5.69 Å². The summed E-state index contributed by atoms with van der Waals surface area (Å²) in [4.78, 5) is 11.9. The molecular formula is C20H23NO2. The zero-order valence-corrected chi connectivity index (χ0v) is 13.5. The smallest absolute Gasteiger partial charge is 0.410 e. The highest BCUT2D eigenvalue weighted by Gasteiger charge is 2.15. The van der Waals surface area contributed by atoms with Gasteiger partial charge in [0.2, 0.25) is 0 Å². The number of nitrogens with one attached hydrogen (secondary N) is 1. The predicted molar refractivity (Wildman–Crippen MR) is 93.1 cm³/mol. The number of hydrogen-bond donors (Lipinski definition) is 1. The van der Waals surface area contributed by atoms with Gasteiger partial charge in [-0.05, 0) is 55.5 Å². The first-order valence-electron chi connectivity index (χ1n) is 8.36. The monoisotopic (exact) mass is 309 g/mol. The Kier molecular flexibility index (Phi) is 4.96. The molecule has 3 rings (SSSR count). The number of hydrogen-bond acceptors (Lipinski definition) is 2. The molecular weight excluding hydrogens is 286 g/mol. The first-order chi connectivity index (χ1) is 11.2. The largest absolute Gasteiger partial charge is 0.417 e. The fraction of sp³-hybridized carbons (Fsp3) is 0.350. The van der Waals surface area contributed by atoms with Gasteiger partial charge in [-0.2, -0.15) is 0 Å². The zero-order chi connectivity index (χ0) is 16.1. The maximum Gasteiger partial charge on any atom is 0.417 e. The molecule has 23 heavy (non-hydrogen) atoms. The minimum absolute atomic E-state index is 0.459. The van der Waals surface area contributed by atoms with Gasteiger partial charge in [-0.25, -0.2) is 4.79 Å². The van der Waals surface area contributed by atoms with E-state index in [1.165, 1.54) is 37.7 Å². The first-order valence-corrected chi connectivity index (χ1v) is 8.36. The van der Waals surface area contributed by atoms with Crippen LogP contribution in [-0.2, 0) is 0 Å². The molecule has 0 saturated heterocycles. The van der Waals surface area contributed by atoms with Crippen molar-refractivity contribution in [1.82, 2.24) is 0 Å². The predicted octanol–water partition coefficient (Wildman–Crippen LogP) is 5.65. The van der Waals surface area contributed by atoms with Crippen LogP contribution in [-0.4, -0.2) is 6.09 Å². The van der Waals surface area contributed by atoms with Gasteiger partial charge in [0.15, 0.2) is 0 Å². The molecule has 0 aliphatic heterocycles. The minimum atomic E-state index is -0.459. The summed E-state index contributed by atoms with van der Waals surface area (Å²) >= 11 is 0. The molecule has 1 fully saturated rings. The SMILES string of the molecule is Cc1ccc(NC(=O)Oc2ccc(C3CCCCC3)cc2)cc1. The molecule has 1 saturated carbocycles. The van der Waals surface area contributed by atoms with Crippen LogP contribution in [0.4, 0.5) is 10.5 Å². The third kappa shape index (κ3) is 4.35. The van der Waals surface area contributed by atoms with Crippen molar-refractivity contribution in [1.29, 1.82) is 0 Å². The molecule has 0 heterocycles. The third-order valence-corrected chi connectivity index (χ3v) is 4.47. The molecule has 0 spiro atoms. The van der Waals surface area contributed by atoms with Gasteiger partial charge in [-0.15, -0.1) is 0 Å². The van der Waals surface area contributed by atoms with E-state index in [4.69, 9.17) is 4.74 Å². The molecule has 0 radical (unpaired) electrons. The van der Waals surface area contributed by atoms with Crippen LogP contribution in [0.1, 0.15) is 49.1 Å². The number of rotatable bonds is 3. The Morgan fingerprint density at radius 2 is 1.61 bits per heavy atom. The lowest BCUT2D eigenvalue weighted by Crippen LogP contribution is -2.16. The van der Waals surface area contributed by atoms with Crippen molar-refractivity contribution in [3.63, 3.8) is 0 Å². The van der Waals surface area contributed by atoms with Crippen molar-refractivity contribution in [2.45, 2.75) is 44.9 Å². The molecule has 2 aromatic rings. The molecule has 0 aromatic heterocycles. The van der Waals surface area contributed by atoms with Crippen LogP contribution in [0, 0.1) is 6.92 Å². The van der Waals surface area contributed by atoms with Crippen LogP contribution in [0.25, 0.3) is 0 Å². The van der Waals surface area contributed by atoms with Gasteiger partial charge in [0.25, 0.3) is 0 Å². The average Bonchev–Trinajstić information content (AvgIpc) is 2.58. The van der Waals surface area contributed by atoms with Crippen LogP contribution >= 0.6 is 0 Å². The second kappa shape index (κ2) is 7.32. The Hall–Kier alpha value is -2.29. The van der Waals surface area contributed by atoms with E-state index in [0.717, 1.165) is 11.3 Å². The van der Waals surface area contributed by atoms with Gasteiger partial charge in [0.05, 0.1) is 0 Å². The molecule has 3 heteroatoms. The third-order valence-electron chi connectivity index (χ3n) is 4.47. The van der Waals surface area contributed by atoms with E-state index in [1.54, 1.807) is 0 Å². The average molecular weight is 309 g/mol. The van der Waals surface area contributed by atoms with Crippen LogP contribution in [0.15, 0.2) is 48.5 Å². The lowest BCUT2D eigenvalue weighted by atomic mass is 9.84. The van der Waals surface area contributed by atoms with Gasteiger partial charge < -0.3 is 4.74 Å². The Labute approximate surface area is 137 Å². The lowest BCUT2D eigenvalue weighted by molar-refractivity contribution is 0.215. The Morgan fingerprint density at radius 3 is 2.26 bits per heavy atom. The maximum atomic E-state index is 11.9. The van der Waals surface area contributed by atoms with Gasteiger partial charge in [-0.3, -0.25) is 5.32 Å². The standard InChI is InChI=1S/C20H23NO2/c1-15-7-11-18(12-8-15)21-20(22)23-19-13-9-17(10-14-19)16-5-3-2-4-6-16/h7-14,16H,2-6H2,1H3,(H,21,22). The molecule has 0 unspecified atom stereocenters. The molecule has 0 bridgehead atoms. The summed E-state index contributed by atoms with van der Waals surface area (Å²) in [7, 11) is 0. The molecule has 1 N–H and O–H groups in total. The van der Waals surface area contributed by atoms with Crippen molar-refractivity contribution in [3.8, 4) is 5.75 Å². The van der Waals surface area contributed by atoms with Gasteiger partial charge in [0.1, 0.15) is 5.75 Å². The Balaban J connectivity index is 1.57. The highest BCUT2D eigenvalue weighted by Crippen LogP contribution is 2.33. The van der Waals surface area contributed by atoms with E-state index in [-0.39, 0.29) is 0 Å². The Morgan fingerprint density at radius 1 is 0.957 bits per heavy atom. The number of anilines is 1. The van der Waals surface area contributed by atoms with Crippen molar-refractivity contribution in [2.24, 2.45) is 0 Å².